The zero-order chi connectivity index (χ0) is 16.0. The molecule has 2 unspecified atom stereocenters. The molecule has 1 aliphatic rings. The van der Waals surface area contributed by atoms with Crippen molar-refractivity contribution in [2.24, 2.45) is 23.7 Å². The molecule has 0 bridgehead atoms. The van der Waals surface area contributed by atoms with Gasteiger partial charge in [0.2, 0.25) is 0 Å². The molecule has 0 saturated carbocycles. The Hall–Kier alpha value is -0.770. The highest BCUT2D eigenvalue weighted by atomic mass is 16.6. The van der Waals surface area contributed by atoms with E-state index >= 15 is 0 Å². The van der Waals surface area contributed by atoms with Crippen LogP contribution in [0.1, 0.15) is 48.0 Å². The molecule has 1 saturated heterocycles. The highest BCUT2D eigenvalue weighted by molar-refractivity contribution is 5.68. The Morgan fingerprint density at radius 1 is 1.05 bits per heavy atom. The molecule has 1 fully saturated rings. The number of carbonyl (C=O) groups excluding carboxylic acids is 1. The van der Waals surface area contributed by atoms with E-state index in [-0.39, 0.29) is 12.2 Å². The lowest BCUT2D eigenvalue weighted by Crippen LogP contribution is -2.48. The predicted octanol–water partition coefficient (Wildman–Crippen LogP) is 3.37. The molecule has 124 valence electrons. The van der Waals surface area contributed by atoms with Crippen molar-refractivity contribution in [2.45, 2.75) is 54.1 Å². The van der Waals surface area contributed by atoms with Gasteiger partial charge >= 0.3 is 6.09 Å². The van der Waals surface area contributed by atoms with E-state index < -0.39 is 0 Å². The van der Waals surface area contributed by atoms with Crippen molar-refractivity contribution in [1.82, 2.24) is 10.2 Å². The highest BCUT2D eigenvalue weighted by Crippen LogP contribution is 2.30. The first-order chi connectivity index (χ1) is 9.82. The summed E-state index contributed by atoms with van der Waals surface area (Å²) in [5.74, 6) is 1.92. The molecule has 0 spiro atoms. The maximum atomic E-state index is 12.4. The minimum Gasteiger partial charge on any atom is -0.446 e. The van der Waals surface area contributed by atoms with Crippen LogP contribution in [0.2, 0.25) is 0 Å². The topological polar surface area (TPSA) is 41.6 Å². The van der Waals surface area contributed by atoms with E-state index in [1.54, 1.807) is 0 Å². The zero-order valence-corrected chi connectivity index (χ0v) is 14.7. The molecule has 1 heterocycles. The first kappa shape index (κ1) is 18.3. The molecular weight excluding hydrogens is 264 g/mol. The Morgan fingerprint density at radius 3 is 2.05 bits per heavy atom. The normalized spacial score (nSPS) is 19.2. The van der Waals surface area contributed by atoms with Crippen LogP contribution < -0.4 is 5.32 Å². The van der Waals surface area contributed by atoms with E-state index in [0.29, 0.717) is 23.7 Å². The quantitative estimate of drug-likeness (QED) is 0.817. The summed E-state index contributed by atoms with van der Waals surface area (Å²) < 4.78 is 5.93. The van der Waals surface area contributed by atoms with Gasteiger partial charge in [-0.05, 0) is 30.1 Å². The van der Waals surface area contributed by atoms with Crippen LogP contribution in [0, 0.1) is 23.7 Å². The summed E-state index contributed by atoms with van der Waals surface area (Å²) in [4.78, 5) is 14.2. The Labute approximate surface area is 130 Å². The molecule has 21 heavy (non-hydrogen) atoms. The SMILES string of the molecule is CC(C)CC(C(C)C)C(OC(=O)N1CCNCC1)C(C)C. The lowest BCUT2D eigenvalue weighted by molar-refractivity contribution is -0.00978. The van der Waals surface area contributed by atoms with Gasteiger partial charge in [0, 0.05) is 26.2 Å². The fraction of sp³-hybridized carbons (Fsp3) is 0.941. The highest BCUT2D eigenvalue weighted by Gasteiger charge is 2.32. The van der Waals surface area contributed by atoms with Gasteiger partial charge in [-0.15, -0.1) is 0 Å². The first-order valence-electron chi connectivity index (χ1n) is 8.49. The number of hydrogen-bond acceptors (Lipinski definition) is 3. The molecule has 0 aromatic carbocycles. The first-order valence-corrected chi connectivity index (χ1v) is 8.49. The predicted molar refractivity (Wildman–Crippen MR) is 87.3 cm³/mol. The fourth-order valence-electron chi connectivity index (χ4n) is 3.09. The summed E-state index contributed by atoms with van der Waals surface area (Å²) in [6.45, 7) is 16.5. The van der Waals surface area contributed by atoms with Crippen LogP contribution in [0.4, 0.5) is 4.79 Å². The lowest BCUT2D eigenvalue weighted by Gasteiger charge is -2.36. The van der Waals surface area contributed by atoms with Crippen molar-refractivity contribution in [3.63, 3.8) is 0 Å². The summed E-state index contributed by atoms with van der Waals surface area (Å²) in [6.07, 6.45) is 0.981. The van der Waals surface area contributed by atoms with E-state index in [1.807, 2.05) is 4.90 Å². The summed E-state index contributed by atoms with van der Waals surface area (Å²) >= 11 is 0. The van der Waals surface area contributed by atoms with E-state index in [2.05, 4.69) is 46.9 Å². The summed E-state index contributed by atoms with van der Waals surface area (Å²) in [7, 11) is 0. The van der Waals surface area contributed by atoms with Crippen LogP contribution in [0.3, 0.4) is 0 Å². The monoisotopic (exact) mass is 298 g/mol. The van der Waals surface area contributed by atoms with Crippen LogP contribution in [0.5, 0.6) is 0 Å². The van der Waals surface area contributed by atoms with Gasteiger partial charge in [0.1, 0.15) is 6.10 Å². The number of hydrogen-bond donors (Lipinski definition) is 1. The lowest BCUT2D eigenvalue weighted by atomic mass is 9.79. The number of nitrogens with one attached hydrogen (secondary N) is 1. The van der Waals surface area contributed by atoms with Crippen LogP contribution in [0.25, 0.3) is 0 Å². The molecule has 0 radical (unpaired) electrons. The molecule has 1 amide bonds. The zero-order valence-electron chi connectivity index (χ0n) is 14.7. The Morgan fingerprint density at radius 2 is 1.62 bits per heavy atom. The molecule has 1 N–H and O–H groups in total. The molecule has 1 aliphatic heterocycles. The fourth-order valence-corrected chi connectivity index (χ4v) is 3.09. The average molecular weight is 298 g/mol. The maximum Gasteiger partial charge on any atom is 0.410 e. The second-order valence-electron chi connectivity index (χ2n) is 7.37. The molecular formula is C17H34N2O2. The molecule has 4 heteroatoms. The number of piperazine rings is 1. The molecule has 0 aliphatic carbocycles. The number of carbonyl (C=O) groups is 1. The molecule has 4 nitrogen and oxygen atoms in total. The van der Waals surface area contributed by atoms with Gasteiger partial charge in [0.05, 0.1) is 0 Å². The molecule has 0 aromatic rings. The van der Waals surface area contributed by atoms with Crippen molar-refractivity contribution >= 4 is 6.09 Å². The van der Waals surface area contributed by atoms with Crippen molar-refractivity contribution in [3.05, 3.63) is 0 Å². The third kappa shape index (κ3) is 5.85. The van der Waals surface area contributed by atoms with Crippen molar-refractivity contribution < 1.29 is 9.53 Å². The second kappa shape index (κ2) is 8.62. The van der Waals surface area contributed by atoms with Crippen LogP contribution in [-0.4, -0.2) is 43.3 Å². The standard InChI is InChI=1S/C17H34N2O2/c1-12(2)11-15(13(3)4)16(14(5)6)21-17(20)19-9-7-18-8-10-19/h12-16,18H,7-11H2,1-6H3. The average Bonchev–Trinajstić information content (AvgIpc) is 2.42. The number of nitrogens with zero attached hydrogens (tertiary/aromatic N) is 1. The van der Waals surface area contributed by atoms with Gasteiger partial charge in [0.15, 0.2) is 0 Å². The van der Waals surface area contributed by atoms with Gasteiger partial charge in [0.25, 0.3) is 0 Å². The van der Waals surface area contributed by atoms with Crippen LogP contribution >= 0.6 is 0 Å². The Kier molecular flexibility index (Phi) is 7.50. The van der Waals surface area contributed by atoms with Crippen molar-refractivity contribution in [2.75, 3.05) is 26.2 Å². The van der Waals surface area contributed by atoms with Gasteiger partial charge in [-0.1, -0.05) is 41.5 Å². The smallest absolute Gasteiger partial charge is 0.410 e. The minimum atomic E-state index is -0.135. The molecule has 1 rings (SSSR count). The number of rotatable bonds is 6. The molecule has 2 atom stereocenters. The van der Waals surface area contributed by atoms with Crippen LogP contribution in [0.15, 0.2) is 0 Å². The van der Waals surface area contributed by atoms with Gasteiger partial charge in [-0.25, -0.2) is 4.79 Å². The van der Waals surface area contributed by atoms with Crippen molar-refractivity contribution in [3.8, 4) is 0 Å². The second-order valence-corrected chi connectivity index (χ2v) is 7.37. The van der Waals surface area contributed by atoms with Gasteiger partial charge in [-0.3, -0.25) is 0 Å². The van der Waals surface area contributed by atoms with Gasteiger partial charge in [-0.2, -0.15) is 0 Å². The van der Waals surface area contributed by atoms with E-state index in [4.69, 9.17) is 4.74 Å². The minimum absolute atomic E-state index is 0.00906. The van der Waals surface area contributed by atoms with E-state index in [0.717, 1.165) is 32.6 Å². The summed E-state index contributed by atoms with van der Waals surface area (Å²) in [6, 6.07) is 0. The van der Waals surface area contributed by atoms with E-state index in [1.165, 1.54) is 0 Å². The third-order valence-corrected chi connectivity index (χ3v) is 4.29. The number of amides is 1. The van der Waals surface area contributed by atoms with E-state index in [9.17, 15) is 4.79 Å². The Bertz CT molecular complexity index is 310. The third-order valence-electron chi connectivity index (χ3n) is 4.29. The Balaban J connectivity index is 2.72. The summed E-state index contributed by atoms with van der Waals surface area (Å²) in [5.41, 5.74) is 0. The number of ether oxygens (including phenoxy) is 1. The summed E-state index contributed by atoms with van der Waals surface area (Å²) in [5, 5.41) is 3.26. The maximum absolute atomic E-state index is 12.4. The largest absolute Gasteiger partial charge is 0.446 e. The van der Waals surface area contributed by atoms with Gasteiger partial charge < -0.3 is 15.0 Å². The van der Waals surface area contributed by atoms with Crippen molar-refractivity contribution in [1.29, 1.82) is 0 Å². The molecule has 0 aromatic heterocycles. The van der Waals surface area contributed by atoms with Crippen LogP contribution in [-0.2, 0) is 4.74 Å².